The van der Waals surface area contributed by atoms with Gasteiger partial charge in [0.25, 0.3) is 0 Å². The molecule has 0 spiro atoms. The Bertz CT molecular complexity index is 192. The van der Waals surface area contributed by atoms with Crippen molar-refractivity contribution in [3.63, 3.8) is 0 Å². The number of hydrogen-bond donors (Lipinski definition) is 0. The van der Waals surface area contributed by atoms with E-state index in [0.29, 0.717) is 5.57 Å². The van der Waals surface area contributed by atoms with Gasteiger partial charge >= 0.3 is 5.97 Å². The average molecular weight is 168 g/mol. The lowest BCUT2D eigenvalue weighted by molar-refractivity contribution is -0.142. The summed E-state index contributed by atoms with van der Waals surface area (Å²) in [4.78, 5) is 11.0. The number of hydrogen-bond acceptors (Lipinski definition) is 2. The Kier molecular flexibility index (Phi) is 5.09. The first-order chi connectivity index (χ1) is 5.61. The summed E-state index contributed by atoms with van der Waals surface area (Å²) < 4.78 is 5.08. The molecule has 0 radical (unpaired) electrons. The smallest absolute Gasteiger partial charge is 0.333 e. The molecule has 0 aromatic heterocycles. The van der Waals surface area contributed by atoms with Crippen molar-refractivity contribution in [1.82, 2.24) is 0 Å². The fourth-order valence-corrected chi connectivity index (χ4v) is 0.711. The van der Waals surface area contributed by atoms with Crippen molar-refractivity contribution in [1.29, 1.82) is 0 Å². The van der Waals surface area contributed by atoms with E-state index in [2.05, 4.69) is 6.58 Å². The van der Waals surface area contributed by atoms with Gasteiger partial charge in [-0.05, 0) is 26.3 Å². The first kappa shape index (κ1) is 11.0. The van der Waals surface area contributed by atoms with Gasteiger partial charge in [-0.3, -0.25) is 0 Å². The third kappa shape index (κ3) is 3.96. The van der Waals surface area contributed by atoms with E-state index in [4.69, 9.17) is 4.74 Å². The summed E-state index contributed by atoms with van der Waals surface area (Å²) in [7, 11) is 0. The van der Waals surface area contributed by atoms with Crippen LogP contribution in [0.3, 0.4) is 0 Å². The normalized spacial score (nSPS) is 12.9. The highest BCUT2D eigenvalue weighted by Crippen LogP contribution is 2.03. The standard InChI is InChI=1S/C10H16O2/c1-5-7-9(6-2)12-10(11)8(3)4/h5,7,9H,3,6H2,1-2,4H3. The van der Waals surface area contributed by atoms with Crippen molar-refractivity contribution in [3.8, 4) is 0 Å². The van der Waals surface area contributed by atoms with Gasteiger partial charge in [-0.2, -0.15) is 0 Å². The van der Waals surface area contributed by atoms with Gasteiger partial charge in [0.1, 0.15) is 6.10 Å². The van der Waals surface area contributed by atoms with Crippen LogP contribution in [0.1, 0.15) is 27.2 Å². The maximum Gasteiger partial charge on any atom is 0.333 e. The van der Waals surface area contributed by atoms with E-state index in [9.17, 15) is 4.79 Å². The lowest BCUT2D eigenvalue weighted by Gasteiger charge is -2.11. The fourth-order valence-electron chi connectivity index (χ4n) is 0.711. The molecule has 68 valence electrons. The van der Waals surface area contributed by atoms with E-state index in [0.717, 1.165) is 6.42 Å². The molecule has 0 bridgehead atoms. The van der Waals surface area contributed by atoms with Crippen LogP contribution in [0.4, 0.5) is 0 Å². The monoisotopic (exact) mass is 168 g/mol. The van der Waals surface area contributed by atoms with Crippen LogP contribution in [0.15, 0.2) is 24.3 Å². The van der Waals surface area contributed by atoms with Crippen LogP contribution in [0, 0.1) is 0 Å². The van der Waals surface area contributed by atoms with Gasteiger partial charge in [0.05, 0.1) is 0 Å². The van der Waals surface area contributed by atoms with Gasteiger partial charge in [-0.25, -0.2) is 4.79 Å². The van der Waals surface area contributed by atoms with Crippen LogP contribution in [-0.2, 0) is 9.53 Å². The average Bonchev–Trinajstić information content (AvgIpc) is 2.03. The first-order valence-electron chi connectivity index (χ1n) is 4.11. The highest BCUT2D eigenvalue weighted by atomic mass is 16.5. The molecule has 2 heteroatoms. The zero-order valence-corrected chi connectivity index (χ0v) is 7.96. The van der Waals surface area contributed by atoms with Crippen molar-refractivity contribution >= 4 is 5.97 Å². The fraction of sp³-hybridized carbons (Fsp3) is 0.500. The Labute approximate surface area is 73.9 Å². The molecule has 0 fully saturated rings. The van der Waals surface area contributed by atoms with Crippen molar-refractivity contribution in [3.05, 3.63) is 24.3 Å². The number of carbonyl (C=O) groups excluding carboxylic acids is 1. The van der Waals surface area contributed by atoms with E-state index in [-0.39, 0.29) is 12.1 Å². The summed E-state index contributed by atoms with van der Waals surface area (Å²) in [5.41, 5.74) is 0.443. The molecular formula is C10H16O2. The van der Waals surface area contributed by atoms with Gasteiger partial charge in [0.2, 0.25) is 0 Å². The Morgan fingerprint density at radius 3 is 2.58 bits per heavy atom. The van der Waals surface area contributed by atoms with Crippen molar-refractivity contribution in [2.75, 3.05) is 0 Å². The molecule has 0 amide bonds. The van der Waals surface area contributed by atoms with Gasteiger partial charge in [-0.1, -0.05) is 19.6 Å². The molecule has 12 heavy (non-hydrogen) atoms. The number of carbonyl (C=O) groups is 1. The zero-order chi connectivity index (χ0) is 9.56. The molecule has 0 aromatic rings. The van der Waals surface area contributed by atoms with Crippen LogP contribution in [-0.4, -0.2) is 12.1 Å². The summed E-state index contributed by atoms with van der Waals surface area (Å²) >= 11 is 0. The minimum absolute atomic E-state index is 0.112. The number of ether oxygens (including phenoxy) is 1. The minimum atomic E-state index is -0.319. The number of rotatable bonds is 4. The molecule has 2 nitrogen and oxygen atoms in total. The molecule has 0 heterocycles. The molecule has 0 N–H and O–H groups in total. The van der Waals surface area contributed by atoms with Crippen molar-refractivity contribution < 1.29 is 9.53 Å². The molecular weight excluding hydrogens is 152 g/mol. The summed E-state index contributed by atoms with van der Waals surface area (Å²) in [6.07, 6.45) is 4.42. The van der Waals surface area contributed by atoms with Gasteiger partial charge < -0.3 is 4.74 Å². The second kappa shape index (κ2) is 5.58. The van der Waals surface area contributed by atoms with Crippen molar-refractivity contribution in [2.45, 2.75) is 33.3 Å². The van der Waals surface area contributed by atoms with Gasteiger partial charge in [0.15, 0.2) is 0 Å². The summed E-state index contributed by atoms with van der Waals surface area (Å²) in [6.45, 7) is 9.02. The maximum atomic E-state index is 11.0. The summed E-state index contributed by atoms with van der Waals surface area (Å²) in [5.74, 6) is -0.319. The Morgan fingerprint density at radius 1 is 1.67 bits per heavy atom. The molecule has 0 saturated carbocycles. The van der Waals surface area contributed by atoms with Crippen LogP contribution in [0.5, 0.6) is 0 Å². The third-order valence-corrected chi connectivity index (χ3v) is 1.42. The SMILES string of the molecule is C=C(C)C(=O)OC(C=CC)CC. The Hall–Kier alpha value is -1.05. The van der Waals surface area contributed by atoms with Crippen LogP contribution in [0.25, 0.3) is 0 Å². The minimum Gasteiger partial charge on any atom is -0.455 e. The molecule has 0 rings (SSSR count). The highest BCUT2D eigenvalue weighted by Gasteiger charge is 2.08. The summed E-state index contributed by atoms with van der Waals surface area (Å²) in [5, 5.41) is 0. The lowest BCUT2D eigenvalue weighted by atomic mass is 10.2. The van der Waals surface area contributed by atoms with E-state index < -0.39 is 0 Å². The number of allylic oxidation sites excluding steroid dienone is 1. The predicted octanol–water partition coefficient (Wildman–Crippen LogP) is 2.46. The zero-order valence-electron chi connectivity index (χ0n) is 7.96. The third-order valence-electron chi connectivity index (χ3n) is 1.42. The molecule has 1 unspecified atom stereocenters. The first-order valence-corrected chi connectivity index (χ1v) is 4.11. The van der Waals surface area contributed by atoms with Crippen molar-refractivity contribution in [2.24, 2.45) is 0 Å². The largest absolute Gasteiger partial charge is 0.455 e. The Morgan fingerprint density at radius 2 is 2.25 bits per heavy atom. The van der Waals surface area contributed by atoms with Crippen LogP contribution < -0.4 is 0 Å². The topological polar surface area (TPSA) is 26.3 Å². The van der Waals surface area contributed by atoms with E-state index >= 15 is 0 Å². The molecule has 0 aromatic carbocycles. The van der Waals surface area contributed by atoms with E-state index in [1.54, 1.807) is 6.92 Å². The van der Waals surface area contributed by atoms with Crippen LogP contribution >= 0.6 is 0 Å². The summed E-state index contributed by atoms with van der Waals surface area (Å²) in [6, 6.07) is 0. The van der Waals surface area contributed by atoms with Crippen LogP contribution in [0.2, 0.25) is 0 Å². The molecule has 0 aliphatic carbocycles. The second-order valence-electron chi connectivity index (χ2n) is 2.66. The molecule has 1 atom stereocenters. The van der Waals surface area contributed by atoms with E-state index in [1.165, 1.54) is 0 Å². The molecule has 0 aliphatic rings. The predicted molar refractivity (Wildman–Crippen MR) is 49.8 cm³/mol. The quantitative estimate of drug-likeness (QED) is 0.366. The lowest BCUT2D eigenvalue weighted by Crippen LogP contribution is -2.15. The van der Waals surface area contributed by atoms with E-state index in [1.807, 2.05) is 26.0 Å². The highest BCUT2D eigenvalue weighted by molar-refractivity contribution is 5.87. The molecule has 0 saturated heterocycles. The molecule has 0 aliphatic heterocycles. The maximum absolute atomic E-state index is 11.0. The van der Waals surface area contributed by atoms with Gasteiger partial charge in [0, 0.05) is 5.57 Å². The second-order valence-corrected chi connectivity index (χ2v) is 2.66. The van der Waals surface area contributed by atoms with Gasteiger partial charge in [-0.15, -0.1) is 0 Å². The Balaban J connectivity index is 4.02. The number of esters is 1.